The summed E-state index contributed by atoms with van der Waals surface area (Å²) in [6.07, 6.45) is 0.795. The Bertz CT molecular complexity index is 1720. The molecule has 2 atom stereocenters. The van der Waals surface area contributed by atoms with E-state index in [1.54, 1.807) is 49.4 Å². The summed E-state index contributed by atoms with van der Waals surface area (Å²) in [7, 11) is -4.28. The van der Waals surface area contributed by atoms with Crippen LogP contribution in [-0.2, 0) is 32.6 Å². The fraction of sp³-hybridized carbons (Fsp3) is 0.257. The van der Waals surface area contributed by atoms with Crippen molar-refractivity contribution in [3.05, 3.63) is 131 Å². The second-order valence-electron chi connectivity index (χ2n) is 10.9. The SMILES string of the molecule is CCC(C)NC(=O)C(Cc1ccccc1)N(Cc1ccccc1F)C(=O)CN(c1ccccc1C)S(=O)(=O)c1ccc(Cl)cc1. The van der Waals surface area contributed by atoms with E-state index < -0.39 is 40.2 Å². The Morgan fingerprint density at radius 3 is 2.16 bits per heavy atom. The zero-order valence-corrected chi connectivity index (χ0v) is 27.1. The molecule has 236 valence electrons. The minimum atomic E-state index is -4.28. The molecule has 45 heavy (non-hydrogen) atoms. The lowest BCUT2D eigenvalue weighted by molar-refractivity contribution is -0.140. The average molecular weight is 650 g/mol. The Kier molecular flexibility index (Phi) is 11.4. The van der Waals surface area contributed by atoms with Crippen molar-refractivity contribution in [2.45, 2.75) is 57.1 Å². The minimum Gasteiger partial charge on any atom is -0.352 e. The molecule has 0 spiro atoms. The number of aryl methyl sites for hydroxylation is 1. The number of halogens is 2. The van der Waals surface area contributed by atoms with Crippen molar-refractivity contribution in [2.75, 3.05) is 10.8 Å². The van der Waals surface area contributed by atoms with Crippen LogP contribution in [0.3, 0.4) is 0 Å². The van der Waals surface area contributed by atoms with Crippen LogP contribution in [0.4, 0.5) is 10.1 Å². The first-order valence-corrected chi connectivity index (χ1v) is 16.5. The van der Waals surface area contributed by atoms with Crippen LogP contribution in [0, 0.1) is 12.7 Å². The highest BCUT2D eigenvalue weighted by Crippen LogP contribution is 2.28. The molecule has 0 aliphatic heterocycles. The van der Waals surface area contributed by atoms with Crippen LogP contribution in [0.5, 0.6) is 0 Å². The van der Waals surface area contributed by atoms with Crippen molar-refractivity contribution in [1.29, 1.82) is 0 Å². The van der Waals surface area contributed by atoms with Gasteiger partial charge in [0.05, 0.1) is 10.6 Å². The lowest BCUT2D eigenvalue weighted by Crippen LogP contribution is -2.54. The van der Waals surface area contributed by atoms with Crippen LogP contribution in [0.15, 0.2) is 108 Å². The van der Waals surface area contributed by atoms with Crippen molar-refractivity contribution < 1.29 is 22.4 Å². The van der Waals surface area contributed by atoms with Gasteiger partial charge in [0.25, 0.3) is 10.0 Å². The molecule has 0 fully saturated rings. The van der Waals surface area contributed by atoms with E-state index in [4.69, 9.17) is 11.6 Å². The molecule has 10 heteroatoms. The van der Waals surface area contributed by atoms with Gasteiger partial charge in [-0.15, -0.1) is 0 Å². The van der Waals surface area contributed by atoms with E-state index in [9.17, 15) is 18.0 Å². The first-order chi connectivity index (χ1) is 21.5. The number of para-hydroxylation sites is 1. The Morgan fingerprint density at radius 1 is 0.889 bits per heavy atom. The van der Waals surface area contributed by atoms with E-state index in [1.807, 2.05) is 44.2 Å². The monoisotopic (exact) mass is 649 g/mol. The van der Waals surface area contributed by atoms with Crippen LogP contribution < -0.4 is 9.62 Å². The van der Waals surface area contributed by atoms with Gasteiger partial charge in [-0.25, -0.2) is 12.8 Å². The fourth-order valence-electron chi connectivity index (χ4n) is 4.90. The molecule has 0 aromatic heterocycles. The predicted octanol–water partition coefficient (Wildman–Crippen LogP) is 6.54. The number of rotatable bonds is 13. The second kappa shape index (κ2) is 15.2. The zero-order valence-electron chi connectivity index (χ0n) is 25.5. The molecule has 0 saturated carbocycles. The van der Waals surface area contributed by atoms with Crippen LogP contribution in [0.25, 0.3) is 0 Å². The number of hydrogen-bond donors (Lipinski definition) is 1. The van der Waals surface area contributed by atoms with Gasteiger partial charge in [-0.05, 0) is 67.8 Å². The first-order valence-electron chi connectivity index (χ1n) is 14.7. The summed E-state index contributed by atoms with van der Waals surface area (Å²) in [5, 5.41) is 3.33. The van der Waals surface area contributed by atoms with Crippen molar-refractivity contribution >= 4 is 39.1 Å². The summed E-state index contributed by atoms with van der Waals surface area (Å²) in [6, 6.07) is 26.5. The van der Waals surface area contributed by atoms with Crippen LogP contribution in [-0.4, -0.2) is 43.8 Å². The minimum absolute atomic E-state index is 0.0565. The number of carbonyl (C=O) groups is 2. The highest BCUT2D eigenvalue weighted by Gasteiger charge is 2.35. The molecule has 0 saturated heterocycles. The lowest BCUT2D eigenvalue weighted by atomic mass is 10.0. The number of sulfonamides is 1. The van der Waals surface area contributed by atoms with Crippen molar-refractivity contribution in [2.24, 2.45) is 0 Å². The van der Waals surface area contributed by atoms with Gasteiger partial charge in [0, 0.05) is 29.6 Å². The van der Waals surface area contributed by atoms with Crippen molar-refractivity contribution in [3.63, 3.8) is 0 Å². The summed E-state index contributed by atoms with van der Waals surface area (Å²) < 4.78 is 44.3. The molecule has 4 aromatic carbocycles. The maximum absolute atomic E-state index is 15.0. The first kappa shape index (κ1) is 33.7. The third-order valence-electron chi connectivity index (χ3n) is 7.64. The number of benzene rings is 4. The molecule has 1 N–H and O–H groups in total. The van der Waals surface area contributed by atoms with E-state index in [-0.39, 0.29) is 29.5 Å². The molecule has 7 nitrogen and oxygen atoms in total. The smallest absolute Gasteiger partial charge is 0.264 e. The molecule has 0 heterocycles. The maximum atomic E-state index is 15.0. The average Bonchev–Trinajstić information content (AvgIpc) is 3.03. The molecule has 0 radical (unpaired) electrons. The van der Waals surface area contributed by atoms with Crippen molar-refractivity contribution in [1.82, 2.24) is 10.2 Å². The van der Waals surface area contributed by atoms with E-state index >= 15 is 4.39 Å². The van der Waals surface area contributed by atoms with Gasteiger partial charge in [0.15, 0.2) is 0 Å². The quantitative estimate of drug-likeness (QED) is 0.178. The van der Waals surface area contributed by atoms with Crippen LogP contribution >= 0.6 is 11.6 Å². The number of carbonyl (C=O) groups excluding carboxylic acids is 2. The number of anilines is 1. The third kappa shape index (κ3) is 8.49. The number of nitrogens with one attached hydrogen (secondary N) is 1. The highest BCUT2D eigenvalue weighted by atomic mass is 35.5. The van der Waals surface area contributed by atoms with Gasteiger partial charge in [0.2, 0.25) is 11.8 Å². The van der Waals surface area contributed by atoms with E-state index in [1.165, 1.54) is 35.2 Å². The molecule has 4 rings (SSSR count). The fourth-order valence-corrected chi connectivity index (χ4v) is 6.50. The van der Waals surface area contributed by atoms with Gasteiger partial charge >= 0.3 is 0 Å². The standard InChI is InChI=1S/C35H37ClFN3O4S/c1-4-26(3)38-35(42)33(22-27-13-6-5-7-14-27)39(23-28-15-9-10-16-31(28)37)34(41)24-40(32-17-11-8-12-25(32)2)45(43,44)30-20-18-29(36)19-21-30/h5-21,26,33H,4,22-24H2,1-3H3,(H,38,42). The van der Waals surface area contributed by atoms with Gasteiger partial charge in [0.1, 0.15) is 18.4 Å². The Balaban J connectivity index is 1.83. The molecule has 2 unspecified atom stereocenters. The number of amides is 2. The molecule has 4 aromatic rings. The summed E-state index contributed by atoms with van der Waals surface area (Å²) in [4.78, 5) is 29.6. The maximum Gasteiger partial charge on any atom is 0.264 e. The topological polar surface area (TPSA) is 86.8 Å². The summed E-state index contributed by atoms with van der Waals surface area (Å²) in [5.41, 5.74) is 1.91. The summed E-state index contributed by atoms with van der Waals surface area (Å²) in [5.74, 6) is -1.62. The molecular formula is C35H37ClFN3O4S. The van der Waals surface area contributed by atoms with Crippen molar-refractivity contribution in [3.8, 4) is 0 Å². The largest absolute Gasteiger partial charge is 0.352 e. The molecule has 2 amide bonds. The van der Waals surface area contributed by atoms with Gasteiger partial charge in [-0.3, -0.25) is 13.9 Å². The summed E-state index contributed by atoms with van der Waals surface area (Å²) in [6.45, 7) is 4.66. The van der Waals surface area contributed by atoms with E-state index in [0.717, 1.165) is 9.87 Å². The van der Waals surface area contributed by atoms with E-state index in [0.29, 0.717) is 22.7 Å². The Hall–Kier alpha value is -4.21. The van der Waals surface area contributed by atoms with Gasteiger partial charge in [-0.2, -0.15) is 0 Å². The Morgan fingerprint density at radius 2 is 1.51 bits per heavy atom. The number of nitrogens with zero attached hydrogens (tertiary/aromatic N) is 2. The van der Waals surface area contributed by atoms with E-state index in [2.05, 4.69) is 5.32 Å². The lowest BCUT2D eigenvalue weighted by Gasteiger charge is -2.34. The molecule has 0 aliphatic rings. The van der Waals surface area contributed by atoms with Crippen LogP contribution in [0.1, 0.15) is 37.0 Å². The zero-order chi connectivity index (χ0) is 32.6. The number of hydrogen-bond acceptors (Lipinski definition) is 4. The Labute approximate surface area is 269 Å². The molecule has 0 aliphatic carbocycles. The van der Waals surface area contributed by atoms with Crippen LogP contribution in [0.2, 0.25) is 5.02 Å². The third-order valence-corrected chi connectivity index (χ3v) is 9.66. The highest BCUT2D eigenvalue weighted by molar-refractivity contribution is 7.92. The normalized spacial score (nSPS) is 12.6. The predicted molar refractivity (Wildman–Crippen MR) is 176 cm³/mol. The molecular weight excluding hydrogens is 613 g/mol. The summed E-state index contributed by atoms with van der Waals surface area (Å²) >= 11 is 6.04. The molecule has 0 bridgehead atoms. The van der Waals surface area contributed by atoms with Gasteiger partial charge < -0.3 is 10.2 Å². The van der Waals surface area contributed by atoms with Gasteiger partial charge in [-0.1, -0.05) is 85.3 Å². The second-order valence-corrected chi connectivity index (χ2v) is 13.2.